The zero-order valence-electron chi connectivity index (χ0n) is 12.3. The van der Waals surface area contributed by atoms with Crippen molar-refractivity contribution in [3.63, 3.8) is 0 Å². The standard InChI is InChI=1S/C15H12ClN3O3S/c1-8-18-7-13(23-8)14(20)10(6-17)15(21)19-9-3-4-12(22-2)11(16)5-9/h3-5,7,10H,1-2H3,(H,19,21)/t10-/m0/s1. The van der Waals surface area contributed by atoms with E-state index in [1.165, 1.54) is 19.4 Å². The summed E-state index contributed by atoms with van der Waals surface area (Å²) in [4.78, 5) is 28.6. The molecule has 2 aromatic rings. The lowest BCUT2D eigenvalue weighted by molar-refractivity contribution is -0.117. The van der Waals surface area contributed by atoms with Gasteiger partial charge in [0.1, 0.15) is 5.75 Å². The first-order valence-corrected chi connectivity index (χ1v) is 7.66. The summed E-state index contributed by atoms with van der Waals surface area (Å²) in [7, 11) is 1.47. The predicted octanol–water partition coefficient (Wildman–Crippen LogP) is 3.07. The number of Topliss-reactive ketones (excluding diaryl/α,β-unsaturated/α-hetero) is 1. The molecule has 1 amide bonds. The first-order chi connectivity index (χ1) is 11.0. The summed E-state index contributed by atoms with van der Waals surface area (Å²) in [5, 5.41) is 12.7. The molecular formula is C15H12ClN3O3S. The minimum atomic E-state index is -1.45. The third-order valence-electron chi connectivity index (χ3n) is 2.94. The number of carbonyl (C=O) groups excluding carboxylic acids is 2. The highest BCUT2D eigenvalue weighted by Gasteiger charge is 2.29. The molecule has 0 aliphatic rings. The number of carbonyl (C=O) groups is 2. The van der Waals surface area contributed by atoms with E-state index < -0.39 is 17.6 Å². The number of amides is 1. The highest BCUT2D eigenvalue weighted by atomic mass is 35.5. The number of aromatic nitrogens is 1. The van der Waals surface area contributed by atoms with Crippen LogP contribution in [0.25, 0.3) is 0 Å². The molecule has 1 aromatic carbocycles. The molecule has 0 bridgehead atoms. The van der Waals surface area contributed by atoms with E-state index in [2.05, 4.69) is 10.3 Å². The summed E-state index contributed by atoms with van der Waals surface area (Å²) in [5.41, 5.74) is 0.370. The van der Waals surface area contributed by atoms with Crippen LogP contribution in [0.3, 0.4) is 0 Å². The van der Waals surface area contributed by atoms with Crippen LogP contribution >= 0.6 is 22.9 Å². The highest BCUT2D eigenvalue weighted by molar-refractivity contribution is 7.13. The maximum atomic E-state index is 12.2. The number of methoxy groups -OCH3 is 1. The van der Waals surface area contributed by atoms with Crippen LogP contribution in [0.4, 0.5) is 5.69 Å². The Labute approximate surface area is 141 Å². The van der Waals surface area contributed by atoms with Gasteiger partial charge >= 0.3 is 0 Å². The quantitative estimate of drug-likeness (QED) is 0.661. The summed E-state index contributed by atoms with van der Waals surface area (Å²) in [6.45, 7) is 1.74. The second kappa shape index (κ2) is 7.22. The molecule has 0 radical (unpaired) electrons. The third kappa shape index (κ3) is 3.86. The molecule has 1 N–H and O–H groups in total. The van der Waals surface area contributed by atoms with Crippen molar-refractivity contribution in [2.75, 3.05) is 12.4 Å². The second-order valence-corrected chi connectivity index (χ2v) is 6.15. The number of nitrogens with zero attached hydrogens (tertiary/aromatic N) is 2. The van der Waals surface area contributed by atoms with E-state index >= 15 is 0 Å². The fourth-order valence-electron chi connectivity index (χ4n) is 1.81. The number of thiazole rings is 1. The minimum Gasteiger partial charge on any atom is -0.495 e. The molecule has 0 saturated heterocycles. The van der Waals surface area contributed by atoms with Crippen LogP contribution < -0.4 is 10.1 Å². The van der Waals surface area contributed by atoms with Crippen LogP contribution in [0, 0.1) is 24.2 Å². The summed E-state index contributed by atoms with van der Waals surface area (Å²) in [5.74, 6) is -2.28. The van der Waals surface area contributed by atoms with E-state index in [9.17, 15) is 9.59 Å². The fraction of sp³-hybridized carbons (Fsp3) is 0.200. The molecule has 1 atom stereocenters. The number of ether oxygens (including phenoxy) is 1. The van der Waals surface area contributed by atoms with Gasteiger partial charge in [-0.1, -0.05) is 11.6 Å². The number of rotatable bonds is 5. The SMILES string of the molecule is COc1ccc(NC(=O)[C@@H](C#N)C(=O)c2cnc(C)s2)cc1Cl. The van der Waals surface area contributed by atoms with E-state index in [-0.39, 0.29) is 4.88 Å². The Morgan fingerprint density at radius 2 is 2.22 bits per heavy atom. The number of benzene rings is 1. The van der Waals surface area contributed by atoms with E-state index in [4.69, 9.17) is 21.6 Å². The van der Waals surface area contributed by atoms with Gasteiger partial charge in [0.15, 0.2) is 5.92 Å². The van der Waals surface area contributed by atoms with Crippen molar-refractivity contribution in [2.45, 2.75) is 6.92 Å². The Balaban J connectivity index is 2.16. The summed E-state index contributed by atoms with van der Waals surface area (Å²) < 4.78 is 5.02. The Morgan fingerprint density at radius 1 is 1.48 bits per heavy atom. The van der Waals surface area contributed by atoms with Crippen molar-refractivity contribution < 1.29 is 14.3 Å². The molecule has 0 spiro atoms. The molecule has 1 heterocycles. The summed E-state index contributed by atoms with van der Waals surface area (Å²) >= 11 is 7.11. The zero-order valence-corrected chi connectivity index (χ0v) is 13.9. The minimum absolute atomic E-state index is 0.275. The van der Waals surface area contributed by atoms with Crippen LogP contribution in [-0.4, -0.2) is 23.8 Å². The number of nitriles is 1. The van der Waals surface area contributed by atoms with E-state index in [0.717, 1.165) is 11.3 Å². The fourth-order valence-corrected chi connectivity index (χ4v) is 2.82. The molecule has 0 aliphatic carbocycles. The summed E-state index contributed by atoms with van der Waals surface area (Å²) in [6, 6.07) is 6.35. The van der Waals surface area contributed by atoms with E-state index in [0.29, 0.717) is 21.5 Å². The van der Waals surface area contributed by atoms with Crippen LogP contribution in [0.5, 0.6) is 5.75 Å². The average Bonchev–Trinajstić information content (AvgIpc) is 2.94. The van der Waals surface area contributed by atoms with Gasteiger partial charge < -0.3 is 10.1 Å². The largest absolute Gasteiger partial charge is 0.495 e. The molecule has 0 aliphatic heterocycles. The van der Waals surface area contributed by atoms with Gasteiger partial charge in [-0.2, -0.15) is 5.26 Å². The normalized spacial score (nSPS) is 11.4. The third-order valence-corrected chi connectivity index (χ3v) is 4.16. The van der Waals surface area contributed by atoms with Crippen molar-refractivity contribution in [2.24, 2.45) is 5.92 Å². The van der Waals surface area contributed by atoms with Gasteiger partial charge in [-0.3, -0.25) is 9.59 Å². The van der Waals surface area contributed by atoms with Gasteiger partial charge in [-0.15, -0.1) is 11.3 Å². The molecule has 1 aromatic heterocycles. The van der Waals surface area contributed by atoms with Crippen molar-refractivity contribution >= 4 is 40.3 Å². The number of aryl methyl sites for hydroxylation is 1. The van der Waals surface area contributed by atoms with Crippen LogP contribution in [-0.2, 0) is 4.79 Å². The number of nitrogens with one attached hydrogen (secondary N) is 1. The van der Waals surface area contributed by atoms with Crippen molar-refractivity contribution in [3.8, 4) is 11.8 Å². The van der Waals surface area contributed by atoms with Gasteiger partial charge in [-0.25, -0.2) is 4.98 Å². The summed E-state index contributed by atoms with van der Waals surface area (Å²) in [6.07, 6.45) is 1.37. The van der Waals surface area contributed by atoms with Crippen LogP contribution in [0.15, 0.2) is 24.4 Å². The first kappa shape index (κ1) is 16.9. The molecule has 8 heteroatoms. The first-order valence-electron chi connectivity index (χ1n) is 6.47. The van der Waals surface area contributed by atoms with Gasteiger partial charge in [0.25, 0.3) is 0 Å². The van der Waals surface area contributed by atoms with Gasteiger partial charge in [-0.05, 0) is 25.1 Å². The van der Waals surface area contributed by atoms with Gasteiger partial charge in [0, 0.05) is 11.9 Å². The van der Waals surface area contributed by atoms with Crippen molar-refractivity contribution in [1.82, 2.24) is 4.98 Å². The predicted molar refractivity (Wildman–Crippen MR) is 86.9 cm³/mol. The van der Waals surface area contributed by atoms with Crippen LogP contribution in [0.2, 0.25) is 5.02 Å². The number of hydrogen-bond donors (Lipinski definition) is 1. The molecule has 0 fully saturated rings. The topological polar surface area (TPSA) is 92.1 Å². The number of halogens is 1. The number of anilines is 1. The molecule has 23 heavy (non-hydrogen) atoms. The average molecular weight is 350 g/mol. The lowest BCUT2D eigenvalue weighted by Crippen LogP contribution is -2.28. The second-order valence-electron chi connectivity index (χ2n) is 4.51. The van der Waals surface area contributed by atoms with Crippen molar-refractivity contribution in [3.05, 3.63) is 39.3 Å². The molecule has 6 nitrogen and oxygen atoms in total. The molecule has 0 unspecified atom stereocenters. The Hall–Kier alpha value is -2.43. The molecule has 2 rings (SSSR count). The number of ketones is 1. The van der Waals surface area contributed by atoms with E-state index in [1.54, 1.807) is 25.1 Å². The number of hydrogen-bond acceptors (Lipinski definition) is 6. The molecule has 0 saturated carbocycles. The highest BCUT2D eigenvalue weighted by Crippen LogP contribution is 2.27. The molecule has 118 valence electrons. The maximum absolute atomic E-state index is 12.2. The van der Waals surface area contributed by atoms with Crippen LogP contribution in [0.1, 0.15) is 14.7 Å². The van der Waals surface area contributed by atoms with Gasteiger partial charge in [0.05, 0.1) is 28.1 Å². The monoisotopic (exact) mass is 349 g/mol. The van der Waals surface area contributed by atoms with E-state index in [1.807, 2.05) is 0 Å². The lowest BCUT2D eigenvalue weighted by Gasteiger charge is -2.10. The Kier molecular flexibility index (Phi) is 5.32. The Morgan fingerprint density at radius 3 is 2.74 bits per heavy atom. The maximum Gasteiger partial charge on any atom is 0.249 e. The van der Waals surface area contributed by atoms with Gasteiger partial charge in [0.2, 0.25) is 11.7 Å². The van der Waals surface area contributed by atoms with Crippen molar-refractivity contribution in [1.29, 1.82) is 5.26 Å². The molecular weight excluding hydrogens is 338 g/mol. The lowest BCUT2D eigenvalue weighted by atomic mass is 10.0. The smallest absolute Gasteiger partial charge is 0.249 e. The zero-order chi connectivity index (χ0) is 17.0. The Bertz CT molecular complexity index is 798.